The molecule has 0 aliphatic rings. The van der Waals surface area contributed by atoms with Crippen molar-refractivity contribution in [1.82, 2.24) is 0 Å². The maximum atomic E-state index is 13.4. The summed E-state index contributed by atoms with van der Waals surface area (Å²) < 4.78 is 18.6. The van der Waals surface area contributed by atoms with Crippen molar-refractivity contribution in [3.05, 3.63) is 35.9 Å². The van der Waals surface area contributed by atoms with Crippen LogP contribution in [-0.2, 0) is 4.74 Å². The van der Waals surface area contributed by atoms with Crippen LogP contribution in [0.4, 0.5) is 4.39 Å². The zero-order valence-corrected chi connectivity index (χ0v) is 8.71. The van der Waals surface area contributed by atoms with E-state index in [9.17, 15) is 4.39 Å². The van der Waals surface area contributed by atoms with Gasteiger partial charge in [0.2, 0.25) is 0 Å². The van der Waals surface area contributed by atoms with Gasteiger partial charge < -0.3 is 4.74 Å². The number of benzene rings is 1. The third-order valence-electron chi connectivity index (χ3n) is 1.90. The van der Waals surface area contributed by atoms with Crippen molar-refractivity contribution in [2.24, 2.45) is 0 Å². The van der Waals surface area contributed by atoms with E-state index in [1.54, 1.807) is 12.1 Å². The Bertz CT molecular complexity index is 240. The van der Waals surface area contributed by atoms with Crippen LogP contribution in [-0.4, -0.2) is 19.1 Å². The summed E-state index contributed by atoms with van der Waals surface area (Å²) in [5.41, 5.74) is 0.710. The molecule has 14 heavy (non-hydrogen) atoms. The number of alkyl halides is 2. The minimum absolute atomic E-state index is 0.390. The van der Waals surface area contributed by atoms with Gasteiger partial charge in [0.05, 0.1) is 6.61 Å². The number of hydrogen-bond donors (Lipinski definition) is 0. The molecule has 3 heteroatoms. The fourth-order valence-corrected chi connectivity index (χ4v) is 1.28. The molecule has 0 aliphatic heterocycles. The lowest BCUT2D eigenvalue weighted by Gasteiger charge is -2.08. The van der Waals surface area contributed by atoms with Crippen LogP contribution in [0.5, 0.6) is 0 Å². The highest BCUT2D eigenvalue weighted by Gasteiger charge is 2.07. The maximum absolute atomic E-state index is 13.4. The summed E-state index contributed by atoms with van der Waals surface area (Å²) in [5, 5.41) is 0. The van der Waals surface area contributed by atoms with E-state index in [0.29, 0.717) is 31.1 Å². The largest absolute Gasteiger partial charge is 0.380 e. The van der Waals surface area contributed by atoms with Crippen molar-refractivity contribution in [3.63, 3.8) is 0 Å². The predicted octanol–water partition coefficient (Wildman–Crippen LogP) is 3.34. The van der Waals surface area contributed by atoms with Crippen LogP contribution in [0.25, 0.3) is 0 Å². The van der Waals surface area contributed by atoms with Crippen molar-refractivity contribution in [3.8, 4) is 0 Å². The molecule has 0 aliphatic carbocycles. The fraction of sp³-hybridized carbons (Fsp3) is 0.455. The van der Waals surface area contributed by atoms with Gasteiger partial charge in [-0.2, -0.15) is 0 Å². The molecule has 0 spiro atoms. The normalized spacial score (nSPS) is 12.7. The van der Waals surface area contributed by atoms with Gasteiger partial charge in [-0.05, 0) is 5.56 Å². The van der Waals surface area contributed by atoms with E-state index in [0.717, 1.165) is 0 Å². The van der Waals surface area contributed by atoms with Crippen molar-refractivity contribution < 1.29 is 9.13 Å². The average molecular weight is 217 g/mol. The summed E-state index contributed by atoms with van der Waals surface area (Å²) in [5.74, 6) is 0.461. The summed E-state index contributed by atoms with van der Waals surface area (Å²) in [7, 11) is 0. The van der Waals surface area contributed by atoms with Gasteiger partial charge in [0, 0.05) is 18.9 Å². The first-order chi connectivity index (χ1) is 6.84. The Labute approximate surface area is 88.8 Å². The molecule has 1 atom stereocenters. The first-order valence-electron chi connectivity index (χ1n) is 4.67. The van der Waals surface area contributed by atoms with Crippen LogP contribution in [0.1, 0.15) is 18.2 Å². The van der Waals surface area contributed by atoms with Gasteiger partial charge >= 0.3 is 0 Å². The van der Waals surface area contributed by atoms with Gasteiger partial charge in [-0.25, -0.2) is 4.39 Å². The van der Waals surface area contributed by atoms with Gasteiger partial charge in [-0.15, -0.1) is 11.6 Å². The van der Waals surface area contributed by atoms with Crippen LogP contribution in [0.15, 0.2) is 30.3 Å². The van der Waals surface area contributed by atoms with Crippen molar-refractivity contribution in [2.75, 3.05) is 19.1 Å². The van der Waals surface area contributed by atoms with Crippen molar-refractivity contribution in [2.45, 2.75) is 12.6 Å². The van der Waals surface area contributed by atoms with Crippen LogP contribution < -0.4 is 0 Å². The molecule has 1 aromatic carbocycles. The number of rotatable bonds is 6. The summed E-state index contributed by atoms with van der Waals surface area (Å²) in [6.07, 6.45) is -0.549. The molecule has 0 N–H and O–H groups in total. The van der Waals surface area contributed by atoms with Crippen molar-refractivity contribution in [1.29, 1.82) is 0 Å². The van der Waals surface area contributed by atoms with E-state index in [2.05, 4.69) is 0 Å². The molecule has 0 bridgehead atoms. The van der Waals surface area contributed by atoms with E-state index in [1.807, 2.05) is 18.2 Å². The SMILES string of the molecule is FC(CCOCCCl)c1ccccc1. The zero-order valence-electron chi connectivity index (χ0n) is 7.96. The lowest BCUT2D eigenvalue weighted by molar-refractivity contribution is 0.124. The quantitative estimate of drug-likeness (QED) is 0.524. The molecule has 0 radical (unpaired) electrons. The van der Waals surface area contributed by atoms with Crippen LogP contribution in [0, 0.1) is 0 Å². The Morgan fingerprint density at radius 3 is 2.57 bits per heavy atom. The molecule has 0 amide bonds. The first-order valence-corrected chi connectivity index (χ1v) is 5.20. The summed E-state index contributed by atoms with van der Waals surface area (Å²) in [4.78, 5) is 0. The van der Waals surface area contributed by atoms with Crippen LogP contribution in [0.3, 0.4) is 0 Å². The van der Waals surface area contributed by atoms with E-state index in [1.165, 1.54) is 0 Å². The highest BCUT2D eigenvalue weighted by molar-refractivity contribution is 6.17. The summed E-state index contributed by atoms with van der Waals surface area (Å²) in [6.45, 7) is 0.909. The van der Waals surface area contributed by atoms with Gasteiger partial charge in [-0.1, -0.05) is 30.3 Å². The third-order valence-corrected chi connectivity index (χ3v) is 2.05. The van der Waals surface area contributed by atoms with Crippen molar-refractivity contribution >= 4 is 11.6 Å². The Hall–Kier alpha value is -0.600. The van der Waals surface area contributed by atoms with E-state index in [-0.39, 0.29) is 0 Å². The van der Waals surface area contributed by atoms with Crippen LogP contribution in [0.2, 0.25) is 0 Å². The second-order valence-corrected chi connectivity index (χ2v) is 3.35. The number of ether oxygens (including phenoxy) is 1. The molecule has 1 aromatic rings. The summed E-state index contributed by atoms with van der Waals surface area (Å²) in [6, 6.07) is 9.11. The highest BCUT2D eigenvalue weighted by atomic mass is 35.5. The fourth-order valence-electron chi connectivity index (χ4n) is 1.17. The van der Waals surface area contributed by atoms with Gasteiger partial charge in [0.1, 0.15) is 6.17 Å². The predicted molar refractivity (Wildman–Crippen MR) is 56.4 cm³/mol. The van der Waals surface area contributed by atoms with Crippen LogP contribution >= 0.6 is 11.6 Å². The Morgan fingerprint density at radius 2 is 1.93 bits per heavy atom. The molecule has 0 fully saturated rings. The first kappa shape index (κ1) is 11.5. The van der Waals surface area contributed by atoms with Gasteiger partial charge in [0.25, 0.3) is 0 Å². The topological polar surface area (TPSA) is 9.23 Å². The lowest BCUT2D eigenvalue weighted by Crippen LogP contribution is -2.01. The van der Waals surface area contributed by atoms with E-state index >= 15 is 0 Å². The van der Waals surface area contributed by atoms with E-state index in [4.69, 9.17) is 16.3 Å². The molecule has 0 aromatic heterocycles. The second-order valence-electron chi connectivity index (χ2n) is 2.97. The van der Waals surface area contributed by atoms with Gasteiger partial charge in [-0.3, -0.25) is 0 Å². The Kier molecular flexibility index (Phi) is 5.57. The molecular weight excluding hydrogens is 203 g/mol. The maximum Gasteiger partial charge on any atom is 0.127 e. The molecular formula is C11H14ClFO. The Morgan fingerprint density at radius 1 is 1.21 bits per heavy atom. The minimum atomic E-state index is -0.938. The molecule has 1 rings (SSSR count). The average Bonchev–Trinajstić information content (AvgIpc) is 2.25. The minimum Gasteiger partial charge on any atom is -0.380 e. The molecule has 1 unspecified atom stereocenters. The molecule has 0 saturated heterocycles. The third kappa shape index (κ3) is 4.07. The molecule has 1 nitrogen and oxygen atoms in total. The summed E-state index contributed by atoms with van der Waals surface area (Å²) >= 11 is 5.42. The van der Waals surface area contributed by atoms with E-state index < -0.39 is 6.17 Å². The zero-order chi connectivity index (χ0) is 10.2. The second kappa shape index (κ2) is 6.80. The number of hydrogen-bond acceptors (Lipinski definition) is 1. The Balaban J connectivity index is 2.25. The lowest BCUT2D eigenvalue weighted by atomic mass is 10.1. The van der Waals surface area contributed by atoms with Gasteiger partial charge in [0.15, 0.2) is 0 Å². The number of halogens is 2. The molecule has 0 saturated carbocycles. The smallest absolute Gasteiger partial charge is 0.127 e. The highest BCUT2D eigenvalue weighted by Crippen LogP contribution is 2.20. The monoisotopic (exact) mass is 216 g/mol. The molecule has 0 heterocycles. The standard InChI is InChI=1S/C11H14ClFO/c12-7-9-14-8-6-11(13)10-4-2-1-3-5-10/h1-5,11H,6-9H2. The molecule has 78 valence electrons.